The van der Waals surface area contributed by atoms with Crippen LogP contribution < -0.4 is 19.8 Å². The summed E-state index contributed by atoms with van der Waals surface area (Å²) in [5.74, 6) is -1.07. The summed E-state index contributed by atoms with van der Waals surface area (Å²) in [5.41, 5.74) is 0.928. The summed E-state index contributed by atoms with van der Waals surface area (Å²) in [6.45, 7) is 0. The second-order valence-corrected chi connectivity index (χ2v) is 6.61. The quantitative estimate of drug-likeness (QED) is 0.497. The Morgan fingerprint density at radius 1 is 1.37 bits per heavy atom. The number of ether oxygens (including phenoxy) is 1. The van der Waals surface area contributed by atoms with E-state index in [1.165, 1.54) is 16.8 Å². The SMILES string of the molecule is COc1ccc(-[n+]2noc([O-])c2SCC(=O)Nc2ccc(F)c(Cl)c2)cc1. The van der Waals surface area contributed by atoms with Crippen molar-refractivity contribution < 1.29 is 28.2 Å². The number of rotatable bonds is 6. The number of hydrogen-bond donors (Lipinski definition) is 1. The topological polar surface area (TPSA) is 91.3 Å². The van der Waals surface area contributed by atoms with E-state index in [-0.39, 0.29) is 15.8 Å². The van der Waals surface area contributed by atoms with E-state index in [0.717, 1.165) is 17.8 Å². The van der Waals surface area contributed by atoms with Gasteiger partial charge in [0.25, 0.3) is 5.03 Å². The van der Waals surface area contributed by atoms with Gasteiger partial charge < -0.3 is 19.7 Å². The number of carbonyl (C=O) groups excluding carboxylic acids is 1. The molecule has 0 unspecified atom stereocenters. The first kappa shape index (κ1) is 19.0. The molecule has 3 rings (SSSR count). The fourth-order valence-corrected chi connectivity index (χ4v) is 3.09. The van der Waals surface area contributed by atoms with Gasteiger partial charge in [0.1, 0.15) is 11.6 Å². The Morgan fingerprint density at radius 3 is 2.78 bits per heavy atom. The van der Waals surface area contributed by atoms with Gasteiger partial charge in [-0.2, -0.15) is 0 Å². The lowest BCUT2D eigenvalue weighted by Gasteiger charge is -2.05. The van der Waals surface area contributed by atoms with E-state index < -0.39 is 17.7 Å². The molecule has 2 aromatic carbocycles. The van der Waals surface area contributed by atoms with Gasteiger partial charge in [0.15, 0.2) is 5.95 Å². The molecule has 0 radical (unpaired) electrons. The molecule has 10 heteroatoms. The van der Waals surface area contributed by atoms with Crippen molar-refractivity contribution >= 4 is 35.0 Å². The third kappa shape index (κ3) is 4.50. The van der Waals surface area contributed by atoms with Crippen LogP contribution in [0, 0.1) is 5.82 Å². The molecule has 0 spiro atoms. The minimum Gasteiger partial charge on any atom is -0.538 e. The van der Waals surface area contributed by atoms with Gasteiger partial charge in [-0.15, -0.1) is 0 Å². The van der Waals surface area contributed by atoms with Gasteiger partial charge in [-0.3, -0.25) is 4.79 Å². The molecule has 27 heavy (non-hydrogen) atoms. The molecular weight excluding hydrogens is 397 g/mol. The minimum atomic E-state index is -0.659. The number of aromatic nitrogens is 2. The molecule has 0 saturated heterocycles. The molecule has 1 amide bonds. The second-order valence-electron chi connectivity index (χ2n) is 5.24. The molecule has 0 bridgehead atoms. The fraction of sp³-hybridized carbons (Fsp3) is 0.118. The zero-order valence-electron chi connectivity index (χ0n) is 13.9. The first-order valence-electron chi connectivity index (χ1n) is 7.59. The summed E-state index contributed by atoms with van der Waals surface area (Å²) in [7, 11) is 1.54. The number of nitrogens with zero attached hydrogens (tertiary/aromatic N) is 2. The number of amides is 1. The van der Waals surface area contributed by atoms with E-state index >= 15 is 0 Å². The molecule has 1 heterocycles. The summed E-state index contributed by atoms with van der Waals surface area (Å²) in [4.78, 5) is 12.1. The number of halogens is 2. The second kappa shape index (κ2) is 8.28. The standard InChI is InChI=1S/C17H13ClFN3O4S/c1-25-12-5-3-11(4-6-12)22-16(17(24)26-21-22)27-9-15(23)20-10-2-7-14(19)13(18)8-10/h2-8H,9H2,1H3,(H-,20,21,23,24). The maximum atomic E-state index is 13.2. The molecule has 1 N–H and O–H groups in total. The lowest BCUT2D eigenvalue weighted by atomic mass is 10.3. The molecule has 0 aliphatic carbocycles. The zero-order valence-corrected chi connectivity index (χ0v) is 15.5. The minimum absolute atomic E-state index is 0.0817. The molecule has 3 aromatic rings. The maximum Gasteiger partial charge on any atom is 0.298 e. The monoisotopic (exact) mass is 409 g/mol. The number of benzene rings is 2. The molecular formula is C17H13ClFN3O4S. The Balaban J connectivity index is 1.69. The fourth-order valence-electron chi connectivity index (χ4n) is 2.15. The van der Waals surface area contributed by atoms with Crippen molar-refractivity contribution in [1.29, 1.82) is 0 Å². The van der Waals surface area contributed by atoms with Crippen molar-refractivity contribution in [2.24, 2.45) is 0 Å². The van der Waals surface area contributed by atoms with Gasteiger partial charge in [-0.25, -0.2) is 4.39 Å². The number of hydrogen-bond acceptors (Lipinski definition) is 6. The van der Waals surface area contributed by atoms with Crippen molar-refractivity contribution in [2.45, 2.75) is 5.03 Å². The lowest BCUT2D eigenvalue weighted by molar-refractivity contribution is -0.705. The van der Waals surface area contributed by atoms with Crippen molar-refractivity contribution in [1.82, 2.24) is 5.27 Å². The van der Waals surface area contributed by atoms with E-state index in [4.69, 9.17) is 20.9 Å². The summed E-state index contributed by atoms with van der Waals surface area (Å²) in [5, 5.41) is 18.2. The molecule has 0 aliphatic heterocycles. The third-order valence-electron chi connectivity index (χ3n) is 3.43. The highest BCUT2D eigenvalue weighted by Crippen LogP contribution is 2.24. The molecule has 7 nitrogen and oxygen atoms in total. The van der Waals surface area contributed by atoms with E-state index in [1.807, 2.05) is 0 Å². The molecule has 0 saturated carbocycles. The van der Waals surface area contributed by atoms with E-state index in [9.17, 15) is 14.3 Å². The molecule has 1 aromatic heterocycles. The highest BCUT2D eigenvalue weighted by atomic mass is 35.5. The van der Waals surface area contributed by atoms with Gasteiger partial charge in [0.2, 0.25) is 11.6 Å². The lowest BCUT2D eigenvalue weighted by Crippen LogP contribution is -2.35. The number of thioether (sulfide) groups is 1. The van der Waals surface area contributed by atoms with Crippen LogP contribution in [0.5, 0.6) is 11.7 Å². The van der Waals surface area contributed by atoms with Crippen LogP contribution in [0.3, 0.4) is 0 Å². The van der Waals surface area contributed by atoms with Crippen LogP contribution in [0.4, 0.5) is 10.1 Å². The van der Waals surface area contributed by atoms with Crippen LogP contribution in [0.15, 0.2) is 52.0 Å². The average molecular weight is 410 g/mol. The number of carbonyl (C=O) groups is 1. The predicted molar refractivity (Wildman–Crippen MR) is 94.8 cm³/mol. The Kier molecular flexibility index (Phi) is 5.82. The zero-order chi connectivity index (χ0) is 19.4. The van der Waals surface area contributed by atoms with E-state index in [2.05, 4.69) is 10.6 Å². The van der Waals surface area contributed by atoms with E-state index in [1.54, 1.807) is 31.4 Å². The summed E-state index contributed by atoms with van der Waals surface area (Å²) in [6.07, 6.45) is 0. The predicted octanol–water partition coefficient (Wildman–Crippen LogP) is 2.56. The largest absolute Gasteiger partial charge is 0.538 e. The van der Waals surface area contributed by atoms with Crippen LogP contribution >= 0.6 is 23.4 Å². The average Bonchev–Trinajstić information content (AvgIpc) is 3.03. The van der Waals surface area contributed by atoms with Gasteiger partial charge in [-0.1, -0.05) is 11.6 Å². The summed E-state index contributed by atoms with van der Waals surface area (Å²) in [6, 6.07) is 10.7. The van der Waals surface area contributed by atoms with Crippen LogP contribution in [0.25, 0.3) is 5.69 Å². The Hall–Kier alpha value is -2.78. The maximum absolute atomic E-state index is 13.2. The van der Waals surface area contributed by atoms with Crippen LogP contribution in [-0.4, -0.2) is 24.0 Å². The first-order valence-corrected chi connectivity index (χ1v) is 8.95. The highest BCUT2D eigenvalue weighted by Gasteiger charge is 2.22. The van der Waals surface area contributed by atoms with E-state index in [0.29, 0.717) is 17.1 Å². The third-order valence-corrected chi connectivity index (χ3v) is 4.74. The van der Waals surface area contributed by atoms with Gasteiger partial charge in [0, 0.05) is 17.8 Å². The Bertz CT molecular complexity index is 965. The van der Waals surface area contributed by atoms with Gasteiger partial charge in [-0.05, 0) is 46.8 Å². The van der Waals surface area contributed by atoms with Crippen molar-refractivity contribution in [3.63, 3.8) is 0 Å². The summed E-state index contributed by atoms with van der Waals surface area (Å²) < 4.78 is 24.2. The van der Waals surface area contributed by atoms with Crippen LogP contribution in [-0.2, 0) is 4.79 Å². The molecule has 0 atom stereocenters. The number of methoxy groups -OCH3 is 1. The first-order chi connectivity index (χ1) is 13.0. The normalized spacial score (nSPS) is 10.6. The molecule has 140 valence electrons. The Morgan fingerprint density at radius 2 is 2.11 bits per heavy atom. The number of anilines is 1. The van der Waals surface area contributed by atoms with Gasteiger partial charge >= 0.3 is 0 Å². The smallest absolute Gasteiger partial charge is 0.298 e. The Labute approximate surface area is 162 Å². The molecule has 0 fully saturated rings. The van der Waals surface area contributed by atoms with Crippen molar-refractivity contribution in [3.8, 4) is 17.4 Å². The van der Waals surface area contributed by atoms with Crippen LogP contribution in [0.1, 0.15) is 0 Å². The highest BCUT2D eigenvalue weighted by molar-refractivity contribution is 7.99. The van der Waals surface area contributed by atoms with Crippen molar-refractivity contribution in [3.05, 3.63) is 53.3 Å². The molecule has 0 aliphatic rings. The summed E-state index contributed by atoms with van der Waals surface area (Å²) >= 11 is 6.64. The van der Waals surface area contributed by atoms with Gasteiger partial charge in [0.05, 0.1) is 23.2 Å². The number of nitrogens with one attached hydrogen (secondary N) is 1. The van der Waals surface area contributed by atoms with Crippen molar-refractivity contribution in [2.75, 3.05) is 18.2 Å². The van der Waals surface area contributed by atoms with Crippen LogP contribution in [0.2, 0.25) is 5.02 Å².